The predicted octanol–water partition coefficient (Wildman–Crippen LogP) is 5.78. The maximum atomic E-state index is 13.3. The first-order chi connectivity index (χ1) is 16.7. The fourth-order valence-electron chi connectivity index (χ4n) is 3.96. The van der Waals surface area contributed by atoms with Gasteiger partial charge in [0.25, 0.3) is 5.91 Å². The smallest absolute Gasteiger partial charge is 0.465 e. The maximum Gasteiger partial charge on any atom is 0.586 e. The fraction of sp³-hybridized carbons (Fsp3) is 0.231. The van der Waals surface area contributed by atoms with E-state index in [2.05, 4.69) is 14.8 Å². The van der Waals surface area contributed by atoms with Gasteiger partial charge in [0.15, 0.2) is 11.5 Å². The van der Waals surface area contributed by atoms with Crippen LogP contribution in [0.2, 0.25) is 0 Å². The number of carbonyl (C=O) groups is 2. The number of fused-ring (bicyclic) bond motifs is 1. The van der Waals surface area contributed by atoms with E-state index in [-0.39, 0.29) is 17.2 Å². The zero-order valence-electron chi connectivity index (χ0n) is 19.2. The van der Waals surface area contributed by atoms with Crippen LogP contribution in [0.3, 0.4) is 0 Å². The summed E-state index contributed by atoms with van der Waals surface area (Å²) in [5.74, 6) is -0.661. The Morgan fingerprint density at radius 3 is 2.43 bits per heavy atom. The Bertz CT molecular complexity index is 1260. The molecule has 0 aromatic heterocycles. The minimum atomic E-state index is -3.73. The number of rotatable bonds is 7. The van der Waals surface area contributed by atoms with Gasteiger partial charge in [-0.3, -0.25) is 4.79 Å². The Kier molecular flexibility index (Phi) is 6.59. The monoisotopic (exact) mass is 482 g/mol. The van der Waals surface area contributed by atoms with Gasteiger partial charge in [0.1, 0.15) is 0 Å². The molecule has 2 amide bonds. The van der Waals surface area contributed by atoms with Gasteiger partial charge in [-0.15, -0.1) is 8.78 Å². The Morgan fingerprint density at radius 2 is 1.74 bits per heavy atom. The van der Waals surface area contributed by atoms with Gasteiger partial charge >= 0.3 is 12.4 Å². The molecule has 0 saturated carbocycles. The van der Waals surface area contributed by atoms with Crippen LogP contribution in [-0.2, 0) is 6.42 Å². The van der Waals surface area contributed by atoms with Crippen LogP contribution in [0.15, 0.2) is 60.7 Å². The molecule has 9 heteroatoms. The zero-order valence-corrected chi connectivity index (χ0v) is 19.2. The number of hydrogen-bond acceptors (Lipinski definition) is 4. The number of amides is 2. The van der Waals surface area contributed by atoms with Gasteiger partial charge in [-0.2, -0.15) is 0 Å². The molecule has 35 heavy (non-hydrogen) atoms. The van der Waals surface area contributed by atoms with Gasteiger partial charge in [0, 0.05) is 30.4 Å². The Balaban J connectivity index is 1.53. The molecule has 0 saturated heterocycles. The van der Waals surface area contributed by atoms with E-state index in [1.54, 1.807) is 19.1 Å². The molecule has 4 rings (SSSR count). The number of hydrogen-bond donors (Lipinski definition) is 2. The van der Waals surface area contributed by atoms with Gasteiger partial charge < -0.3 is 24.8 Å². The number of alkyl halides is 2. The molecular weight excluding hydrogens is 458 g/mol. The van der Waals surface area contributed by atoms with Gasteiger partial charge in [0.05, 0.1) is 0 Å². The molecule has 3 aromatic rings. The maximum absolute atomic E-state index is 13.3. The first-order valence-corrected chi connectivity index (χ1v) is 11.0. The molecule has 0 unspecified atom stereocenters. The van der Waals surface area contributed by atoms with E-state index in [0.29, 0.717) is 25.1 Å². The van der Waals surface area contributed by atoms with E-state index < -0.39 is 18.3 Å². The third-order valence-electron chi connectivity index (χ3n) is 5.74. The van der Waals surface area contributed by atoms with Crippen LogP contribution in [0.25, 0.3) is 11.1 Å². The summed E-state index contributed by atoms with van der Waals surface area (Å²) in [6.45, 7) is 4.50. The second-order valence-corrected chi connectivity index (χ2v) is 8.09. The Hall–Kier alpha value is -4.14. The van der Waals surface area contributed by atoms with Gasteiger partial charge in [-0.1, -0.05) is 36.4 Å². The summed E-state index contributed by atoms with van der Waals surface area (Å²) in [5.41, 5.74) is 4.14. The van der Waals surface area contributed by atoms with Crippen molar-refractivity contribution in [3.63, 3.8) is 0 Å². The van der Waals surface area contributed by atoms with Crippen molar-refractivity contribution < 1.29 is 33.0 Å². The standard InChI is InChI=1S/C26H24F2N2O5/c1-3-30(25(32)33)14-13-17-7-9-18(10-8-17)23-16(2)5-4-6-20(23)24(31)29-19-11-12-21-22(15-19)35-26(27,28)34-21/h4-12,15H,3,13-14H2,1-2H3,(H,29,31)(H,32,33). The summed E-state index contributed by atoms with van der Waals surface area (Å²) in [7, 11) is 0. The number of anilines is 1. The third-order valence-corrected chi connectivity index (χ3v) is 5.74. The van der Waals surface area contributed by atoms with Crippen molar-refractivity contribution in [1.82, 2.24) is 4.90 Å². The van der Waals surface area contributed by atoms with E-state index in [1.165, 1.54) is 23.1 Å². The van der Waals surface area contributed by atoms with Crippen LogP contribution < -0.4 is 14.8 Å². The number of ether oxygens (including phenoxy) is 2. The lowest BCUT2D eigenvalue weighted by Gasteiger charge is -2.17. The van der Waals surface area contributed by atoms with E-state index in [4.69, 9.17) is 0 Å². The van der Waals surface area contributed by atoms with E-state index in [9.17, 15) is 23.5 Å². The van der Waals surface area contributed by atoms with Crippen molar-refractivity contribution in [2.75, 3.05) is 18.4 Å². The molecule has 1 aliphatic heterocycles. The Labute approximate surface area is 200 Å². The summed E-state index contributed by atoms with van der Waals surface area (Å²) < 4.78 is 35.4. The minimum absolute atomic E-state index is 0.102. The predicted molar refractivity (Wildman–Crippen MR) is 126 cm³/mol. The molecule has 2 N–H and O–H groups in total. The first kappa shape index (κ1) is 24.0. The molecule has 1 aliphatic rings. The molecule has 0 fully saturated rings. The molecule has 0 spiro atoms. The van der Waals surface area contributed by atoms with Crippen molar-refractivity contribution in [3.05, 3.63) is 77.4 Å². The summed E-state index contributed by atoms with van der Waals surface area (Å²) in [6, 6.07) is 17.0. The second-order valence-electron chi connectivity index (χ2n) is 8.09. The lowest BCUT2D eigenvalue weighted by atomic mass is 9.93. The summed E-state index contributed by atoms with van der Waals surface area (Å²) in [5, 5.41) is 11.9. The van der Waals surface area contributed by atoms with Crippen LogP contribution in [0.4, 0.5) is 19.3 Å². The molecule has 0 atom stereocenters. The summed E-state index contributed by atoms with van der Waals surface area (Å²) in [6.07, 6.45) is -4.11. The number of aryl methyl sites for hydroxylation is 1. The van der Waals surface area contributed by atoms with Crippen LogP contribution in [0.5, 0.6) is 11.5 Å². The van der Waals surface area contributed by atoms with Crippen LogP contribution in [-0.4, -0.2) is 41.4 Å². The topological polar surface area (TPSA) is 88.1 Å². The molecule has 1 heterocycles. The van der Waals surface area contributed by atoms with Crippen LogP contribution >= 0.6 is 0 Å². The van der Waals surface area contributed by atoms with Crippen molar-refractivity contribution >= 4 is 17.7 Å². The molecule has 7 nitrogen and oxygen atoms in total. The highest BCUT2D eigenvalue weighted by Gasteiger charge is 2.43. The normalized spacial score (nSPS) is 13.4. The Morgan fingerprint density at radius 1 is 1.03 bits per heavy atom. The number of carbonyl (C=O) groups excluding carboxylic acids is 1. The number of nitrogens with zero attached hydrogens (tertiary/aromatic N) is 1. The molecule has 0 aliphatic carbocycles. The van der Waals surface area contributed by atoms with Crippen LogP contribution in [0.1, 0.15) is 28.4 Å². The zero-order chi connectivity index (χ0) is 25.2. The van der Waals surface area contributed by atoms with Gasteiger partial charge in [-0.05, 0) is 60.7 Å². The lowest BCUT2D eigenvalue weighted by molar-refractivity contribution is -0.286. The van der Waals surface area contributed by atoms with E-state index in [1.807, 2.05) is 37.3 Å². The third kappa shape index (κ3) is 5.34. The van der Waals surface area contributed by atoms with Gasteiger partial charge in [-0.25, -0.2) is 4.79 Å². The van der Waals surface area contributed by atoms with Crippen molar-refractivity contribution in [3.8, 4) is 22.6 Å². The SMILES string of the molecule is CCN(CCc1ccc(-c2c(C)cccc2C(=O)Nc2ccc3c(c2)OC(F)(F)O3)cc1)C(=O)O. The summed E-state index contributed by atoms with van der Waals surface area (Å²) >= 11 is 0. The highest BCUT2D eigenvalue weighted by Crippen LogP contribution is 2.42. The quantitative estimate of drug-likeness (QED) is 0.446. The molecule has 182 valence electrons. The fourth-order valence-corrected chi connectivity index (χ4v) is 3.96. The molecule has 3 aromatic carbocycles. The van der Waals surface area contributed by atoms with Crippen molar-refractivity contribution in [2.24, 2.45) is 0 Å². The molecule has 0 bridgehead atoms. The number of carboxylic acid groups (broad SMARTS) is 1. The largest absolute Gasteiger partial charge is 0.586 e. The summed E-state index contributed by atoms with van der Waals surface area (Å²) in [4.78, 5) is 25.7. The number of likely N-dealkylation sites (N-methyl/N-ethyl adjacent to an activating group) is 1. The lowest BCUT2D eigenvalue weighted by Crippen LogP contribution is -2.31. The minimum Gasteiger partial charge on any atom is -0.465 e. The van der Waals surface area contributed by atoms with Crippen molar-refractivity contribution in [1.29, 1.82) is 0 Å². The highest BCUT2D eigenvalue weighted by molar-refractivity contribution is 6.09. The van der Waals surface area contributed by atoms with Crippen molar-refractivity contribution in [2.45, 2.75) is 26.6 Å². The first-order valence-electron chi connectivity index (χ1n) is 11.0. The van der Waals surface area contributed by atoms with Crippen LogP contribution in [0, 0.1) is 6.92 Å². The number of benzene rings is 3. The number of halogens is 2. The average Bonchev–Trinajstić information content (AvgIpc) is 3.12. The highest BCUT2D eigenvalue weighted by atomic mass is 19.3. The average molecular weight is 482 g/mol. The molecular formula is C26H24F2N2O5. The number of nitrogens with one attached hydrogen (secondary N) is 1. The second kappa shape index (κ2) is 9.61. The molecule has 0 radical (unpaired) electrons. The van der Waals surface area contributed by atoms with E-state index >= 15 is 0 Å². The van der Waals surface area contributed by atoms with E-state index in [0.717, 1.165) is 22.3 Å². The van der Waals surface area contributed by atoms with Gasteiger partial charge in [0.2, 0.25) is 0 Å².